The summed E-state index contributed by atoms with van der Waals surface area (Å²) < 4.78 is 0. The van der Waals surface area contributed by atoms with Crippen molar-refractivity contribution < 1.29 is 6.22 Å². The predicted molar refractivity (Wildman–Crippen MR) is 60.2 cm³/mol. The third kappa shape index (κ3) is 2.98. The number of rotatable bonds is 3. The van der Waals surface area contributed by atoms with Gasteiger partial charge in [0.2, 0.25) is 5.91 Å². The molecule has 3 nitrogen and oxygen atoms in total. The highest BCUT2D eigenvalue weighted by atomic mass is 16.2. The lowest BCUT2D eigenvalue weighted by molar-refractivity contribution is -0.125. The highest BCUT2D eigenvalue weighted by Gasteiger charge is 2.29. The molecule has 1 atom stereocenters. The van der Waals surface area contributed by atoms with Gasteiger partial charge in [0.1, 0.15) is 0 Å². The zero-order valence-corrected chi connectivity index (χ0v) is 9.71. The predicted octanol–water partition coefficient (Wildman–Crippen LogP) is 1.49. The summed E-state index contributed by atoms with van der Waals surface area (Å²) in [5, 5.41) is 2.98. The minimum atomic E-state index is 0. The maximum atomic E-state index is 11.7. The van der Waals surface area contributed by atoms with Crippen LogP contribution in [0, 0.1) is 5.92 Å². The first-order chi connectivity index (χ1) is 6.50. The molecule has 14 heavy (non-hydrogen) atoms. The largest absolute Gasteiger partial charge is 0.354 e. The van der Waals surface area contributed by atoms with Gasteiger partial charge in [-0.25, -0.2) is 0 Å². The van der Waals surface area contributed by atoms with Gasteiger partial charge in [-0.05, 0) is 40.7 Å². The van der Waals surface area contributed by atoms with Gasteiger partial charge in [0.05, 0.1) is 5.92 Å². The SMILES string of the molecule is CC(C)NC(=O)C1CCN(C(C)C)C1.[HH]. The quantitative estimate of drug-likeness (QED) is 0.748. The lowest BCUT2D eigenvalue weighted by Gasteiger charge is -2.20. The summed E-state index contributed by atoms with van der Waals surface area (Å²) in [6.45, 7) is 10.4. The van der Waals surface area contributed by atoms with Crippen LogP contribution in [0.3, 0.4) is 0 Å². The molecule has 0 aliphatic carbocycles. The van der Waals surface area contributed by atoms with Crippen molar-refractivity contribution >= 4 is 5.91 Å². The fraction of sp³-hybridized carbons (Fsp3) is 0.909. The lowest BCUT2D eigenvalue weighted by Crippen LogP contribution is -2.37. The third-order valence-corrected chi connectivity index (χ3v) is 2.75. The van der Waals surface area contributed by atoms with Crippen LogP contribution in [-0.2, 0) is 4.79 Å². The average molecular weight is 200 g/mol. The summed E-state index contributed by atoms with van der Waals surface area (Å²) in [5.41, 5.74) is 0. The number of amides is 1. The van der Waals surface area contributed by atoms with E-state index >= 15 is 0 Å². The Morgan fingerprint density at radius 3 is 2.50 bits per heavy atom. The topological polar surface area (TPSA) is 32.3 Å². The molecule has 1 aliphatic heterocycles. The van der Waals surface area contributed by atoms with Crippen molar-refractivity contribution in [2.75, 3.05) is 13.1 Å². The first-order valence-electron chi connectivity index (χ1n) is 5.55. The summed E-state index contributed by atoms with van der Waals surface area (Å²) in [4.78, 5) is 14.1. The second-order valence-corrected chi connectivity index (χ2v) is 4.74. The zero-order valence-electron chi connectivity index (χ0n) is 9.71. The van der Waals surface area contributed by atoms with E-state index in [-0.39, 0.29) is 19.3 Å². The van der Waals surface area contributed by atoms with E-state index < -0.39 is 0 Å². The number of likely N-dealkylation sites (tertiary alicyclic amines) is 1. The van der Waals surface area contributed by atoms with Gasteiger partial charge in [0.25, 0.3) is 0 Å². The fourth-order valence-corrected chi connectivity index (χ4v) is 1.87. The minimum Gasteiger partial charge on any atom is -0.354 e. The Labute approximate surface area is 88.3 Å². The molecule has 0 bridgehead atoms. The molecule has 0 radical (unpaired) electrons. The molecule has 1 rings (SSSR count). The van der Waals surface area contributed by atoms with Gasteiger partial charge in [-0.2, -0.15) is 0 Å². The molecule has 0 spiro atoms. The van der Waals surface area contributed by atoms with Crippen LogP contribution in [0.15, 0.2) is 0 Å². The molecule has 1 amide bonds. The number of hydrogen-bond acceptors (Lipinski definition) is 2. The van der Waals surface area contributed by atoms with E-state index in [9.17, 15) is 4.79 Å². The Morgan fingerprint density at radius 2 is 2.07 bits per heavy atom. The van der Waals surface area contributed by atoms with Crippen LogP contribution in [0.25, 0.3) is 0 Å². The van der Waals surface area contributed by atoms with E-state index in [1.165, 1.54) is 0 Å². The maximum Gasteiger partial charge on any atom is 0.224 e. The fourth-order valence-electron chi connectivity index (χ4n) is 1.87. The van der Waals surface area contributed by atoms with Gasteiger partial charge in [-0.3, -0.25) is 4.79 Å². The second kappa shape index (κ2) is 4.78. The minimum absolute atomic E-state index is 0. The van der Waals surface area contributed by atoms with Crippen molar-refractivity contribution in [1.82, 2.24) is 10.2 Å². The molecule has 3 heteroatoms. The zero-order chi connectivity index (χ0) is 10.7. The summed E-state index contributed by atoms with van der Waals surface area (Å²) >= 11 is 0. The van der Waals surface area contributed by atoms with E-state index in [1.807, 2.05) is 13.8 Å². The van der Waals surface area contributed by atoms with Crippen molar-refractivity contribution in [3.63, 3.8) is 0 Å². The molecule has 0 aromatic rings. The molecule has 1 saturated heterocycles. The summed E-state index contributed by atoms with van der Waals surface area (Å²) in [5.74, 6) is 0.433. The summed E-state index contributed by atoms with van der Waals surface area (Å²) in [6, 6.07) is 0.822. The molecule has 1 fully saturated rings. The number of nitrogens with one attached hydrogen (secondary N) is 1. The number of hydrogen-bond donors (Lipinski definition) is 1. The smallest absolute Gasteiger partial charge is 0.224 e. The van der Waals surface area contributed by atoms with Crippen LogP contribution in [0.4, 0.5) is 0 Å². The Balaban J connectivity index is 0.00000196. The number of carbonyl (C=O) groups excluding carboxylic acids is 1. The third-order valence-electron chi connectivity index (χ3n) is 2.75. The summed E-state index contributed by atoms with van der Waals surface area (Å²) in [7, 11) is 0. The van der Waals surface area contributed by atoms with Crippen molar-refractivity contribution in [2.24, 2.45) is 5.92 Å². The van der Waals surface area contributed by atoms with Crippen molar-refractivity contribution in [1.29, 1.82) is 0 Å². The molecule has 0 aromatic carbocycles. The van der Waals surface area contributed by atoms with Crippen LogP contribution in [0.1, 0.15) is 35.5 Å². The molecule has 0 saturated carbocycles. The van der Waals surface area contributed by atoms with E-state index in [0.29, 0.717) is 6.04 Å². The number of nitrogens with zero attached hydrogens (tertiary/aromatic N) is 1. The Morgan fingerprint density at radius 1 is 1.43 bits per heavy atom. The van der Waals surface area contributed by atoms with Gasteiger partial charge >= 0.3 is 0 Å². The van der Waals surface area contributed by atoms with E-state index in [4.69, 9.17) is 0 Å². The van der Waals surface area contributed by atoms with Crippen LogP contribution < -0.4 is 5.32 Å². The first-order valence-corrected chi connectivity index (χ1v) is 5.55. The Kier molecular flexibility index (Phi) is 3.93. The van der Waals surface area contributed by atoms with E-state index in [0.717, 1.165) is 19.5 Å². The van der Waals surface area contributed by atoms with Gasteiger partial charge in [0.15, 0.2) is 0 Å². The molecule has 1 N–H and O–H groups in total. The Bertz CT molecular complexity index is 207. The molecule has 0 aromatic heterocycles. The molecule has 1 aliphatic rings. The van der Waals surface area contributed by atoms with Crippen molar-refractivity contribution in [3.05, 3.63) is 0 Å². The molecular weight excluding hydrogens is 176 g/mol. The van der Waals surface area contributed by atoms with E-state index in [2.05, 4.69) is 24.1 Å². The molecule has 1 heterocycles. The van der Waals surface area contributed by atoms with Gasteiger partial charge < -0.3 is 10.2 Å². The highest BCUT2D eigenvalue weighted by Crippen LogP contribution is 2.18. The summed E-state index contributed by atoms with van der Waals surface area (Å²) in [6.07, 6.45) is 1.01. The molecular formula is C11H24N2O. The molecule has 1 unspecified atom stereocenters. The molecule has 84 valence electrons. The van der Waals surface area contributed by atoms with Crippen molar-refractivity contribution in [3.8, 4) is 0 Å². The first kappa shape index (κ1) is 11.5. The van der Waals surface area contributed by atoms with Gasteiger partial charge in [-0.15, -0.1) is 0 Å². The van der Waals surface area contributed by atoms with Gasteiger partial charge in [0, 0.05) is 20.1 Å². The lowest BCUT2D eigenvalue weighted by atomic mass is 10.1. The van der Waals surface area contributed by atoms with Gasteiger partial charge in [-0.1, -0.05) is 0 Å². The van der Waals surface area contributed by atoms with Crippen LogP contribution in [0.5, 0.6) is 0 Å². The maximum absolute atomic E-state index is 11.7. The van der Waals surface area contributed by atoms with Crippen LogP contribution >= 0.6 is 0 Å². The average Bonchev–Trinajstić information content (AvgIpc) is 2.50. The van der Waals surface area contributed by atoms with Crippen LogP contribution in [-0.4, -0.2) is 36.0 Å². The Hall–Kier alpha value is -0.570. The van der Waals surface area contributed by atoms with E-state index in [1.54, 1.807) is 0 Å². The monoisotopic (exact) mass is 200 g/mol. The number of carbonyl (C=O) groups is 1. The standard InChI is InChI=1S/C11H22N2O.H2/c1-8(2)12-11(14)10-5-6-13(7-10)9(3)4;/h8-10H,5-7H2,1-4H3,(H,12,14);1H. The van der Waals surface area contributed by atoms with Crippen molar-refractivity contribution in [2.45, 2.75) is 46.2 Å². The normalized spacial score (nSPS) is 23.4. The van der Waals surface area contributed by atoms with Crippen LogP contribution in [0.2, 0.25) is 0 Å². The highest BCUT2D eigenvalue weighted by molar-refractivity contribution is 5.79. The second-order valence-electron chi connectivity index (χ2n) is 4.74.